The van der Waals surface area contributed by atoms with Gasteiger partial charge in [0.2, 0.25) is 5.91 Å². The lowest BCUT2D eigenvalue weighted by Crippen LogP contribution is -2.48. The number of non-ortho nitro benzene ring substituents is 1. The van der Waals surface area contributed by atoms with Crippen LogP contribution in [0.4, 0.5) is 5.69 Å². The number of rotatable bonds is 6. The van der Waals surface area contributed by atoms with E-state index in [0.717, 1.165) is 6.07 Å². The minimum Gasteiger partial charge on any atom is -0.368 e. The number of nitrogens with two attached hydrogens (primary N) is 1. The Kier molecular flexibility index (Phi) is 5.19. The summed E-state index contributed by atoms with van der Waals surface area (Å²) in [6.45, 7) is 3.67. The van der Waals surface area contributed by atoms with Gasteiger partial charge in [0, 0.05) is 17.7 Å². The molecule has 20 heavy (non-hydrogen) atoms. The number of nitro groups is 1. The second-order valence-corrected chi connectivity index (χ2v) is 4.55. The molecule has 1 aromatic carbocycles. The standard InChI is InChI=1S/C13H17N3O4/c1-3-8(2)11(12(14)17)15-13(18)9-5-4-6-10(7-9)16(19)20/h4-8,11H,3H2,1-2H3,(H2,14,17)(H,15,18)/t8-,11+/m1/s1. The van der Waals surface area contributed by atoms with Crippen molar-refractivity contribution in [3.63, 3.8) is 0 Å². The van der Waals surface area contributed by atoms with Crippen LogP contribution in [0.3, 0.4) is 0 Å². The summed E-state index contributed by atoms with van der Waals surface area (Å²) in [5, 5.41) is 13.2. The van der Waals surface area contributed by atoms with Crippen LogP contribution >= 0.6 is 0 Å². The molecular formula is C13H17N3O4. The molecule has 108 valence electrons. The maximum Gasteiger partial charge on any atom is 0.270 e. The van der Waals surface area contributed by atoms with Gasteiger partial charge in [-0.2, -0.15) is 0 Å². The highest BCUT2D eigenvalue weighted by Crippen LogP contribution is 2.14. The maximum absolute atomic E-state index is 12.0. The Morgan fingerprint density at radius 2 is 2.10 bits per heavy atom. The molecule has 0 fully saturated rings. The summed E-state index contributed by atoms with van der Waals surface area (Å²) >= 11 is 0. The van der Waals surface area contributed by atoms with Gasteiger partial charge in [-0.25, -0.2) is 0 Å². The summed E-state index contributed by atoms with van der Waals surface area (Å²) in [4.78, 5) is 33.4. The van der Waals surface area contributed by atoms with Gasteiger partial charge in [0.1, 0.15) is 6.04 Å². The van der Waals surface area contributed by atoms with Gasteiger partial charge in [-0.3, -0.25) is 19.7 Å². The van der Waals surface area contributed by atoms with Gasteiger partial charge in [-0.1, -0.05) is 26.3 Å². The normalized spacial score (nSPS) is 13.3. The van der Waals surface area contributed by atoms with E-state index in [9.17, 15) is 19.7 Å². The SMILES string of the molecule is CC[C@@H](C)[C@H](NC(=O)c1cccc([N+](=O)[O-])c1)C(N)=O. The molecule has 3 N–H and O–H groups in total. The first-order valence-electron chi connectivity index (χ1n) is 6.21. The Hall–Kier alpha value is -2.44. The fourth-order valence-corrected chi connectivity index (χ4v) is 1.71. The number of nitrogens with one attached hydrogen (secondary N) is 1. The summed E-state index contributed by atoms with van der Waals surface area (Å²) in [6.07, 6.45) is 0.669. The highest BCUT2D eigenvalue weighted by molar-refractivity contribution is 5.97. The molecule has 0 radical (unpaired) electrons. The number of nitrogens with zero attached hydrogens (tertiary/aromatic N) is 1. The van der Waals surface area contributed by atoms with E-state index in [1.54, 1.807) is 6.92 Å². The predicted molar refractivity (Wildman–Crippen MR) is 73.0 cm³/mol. The van der Waals surface area contributed by atoms with Crippen LogP contribution in [0.5, 0.6) is 0 Å². The monoisotopic (exact) mass is 279 g/mol. The van der Waals surface area contributed by atoms with Gasteiger partial charge in [0.05, 0.1) is 4.92 Å². The fraction of sp³-hybridized carbons (Fsp3) is 0.385. The number of primary amides is 1. The Morgan fingerprint density at radius 1 is 1.45 bits per heavy atom. The molecule has 2 atom stereocenters. The van der Waals surface area contributed by atoms with Crippen LogP contribution < -0.4 is 11.1 Å². The van der Waals surface area contributed by atoms with Crippen molar-refractivity contribution in [2.24, 2.45) is 11.7 Å². The predicted octanol–water partition coefficient (Wildman–Crippen LogP) is 1.22. The van der Waals surface area contributed by atoms with Crippen LogP contribution in [0.25, 0.3) is 0 Å². The lowest BCUT2D eigenvalue weighted by Gasteiger charge is -2.21. The molecule has 1 rings (SSSR count). The van der Waals surface area contributed by atoms with Crippen molar-refractivity contribution in [3.05, 3.63) is 39.9 Å². The number of carbonyl (C=O) groups excluding carboxylic acids is 2. The third-order valence-corrected chi connectivity index (χ3v) is 3.13. The summed E-state index contributed by atoms with van der Waals surface area (Å²) < 4.78 is 0. The molecule has 0 aliphatic heterocycles. The second-order valence-electron chi connectivity index (χ2n) is 4.55. The zero-order chi connectivity index (χ0) is 15.3. The molecule has 0 aliphatic carbocycles. The Bertz CT molecular complexity index is 530. The molecular weight excluding hydrogens is 262 g/mol. The first kappa shape index (κ1) is 15.6. The van der Waals surface area contributed by atoms with E-state index in [0.29, 0.717) is 6.42 Å². The minimum atomic E-state index is -0.799. The minimum absolute atomic E-state index is 0.116. The number of nitro benzene ring substituents is 1. The van der Waals surface area contributed by atoms with Gasteiger partial charge in [0.25, 0.3) is 11.6 Å². The highest BCUT2D eigenvalue weighted by atomic mass is 16.6. The number of hydrogen-bond donors (Lipinski definition) is 2. The van der Waals surface area contributed by atoms with Crippen molar-refractivity contribution in [1.82, 2.24) is 5.32 Å². The zero-order valence-corrected chi connectivity index (χ0v) is 11.3. The van der Waals surface area contributed by atoms with Gasteiger partial charge < -0.3 is 11.1 Å². The molecule has 0 saturated carbocycles. The molecule has 0 saturated heterocycles. The Morgan fingerprint density at radius 3 is 2.60 bits per heavy atom. The van der Waals surface area contributed by atoms with E-state index in [-0.39, 0.29) is 17.2 Å². The molecule has 0 spiro atoms. The number of amides is 2. The number of hydrogen-bond acceptors (Lipinski definition) is 4. The first-order valence-corrected chi connectivity index (χ1v) is 6.21. The molecule has 0 aromatic heterocycles. The van der Waals surface area contributed by atoms with Crippen molar-refractivity contribution in [3.8, 4) is 0 Å². The highest BCUT2D eigenvalue weighted by Gasteiger charge is 2.24. The lowest BCUT2D eigenvalue weighted by atomic mass is 9.98. The fourth-order valence-electron chi connectivity index (χ4n) is 1.71. The maximum atomic E-state index is 12.0. The Balaban J connectivity index is 2.92. The number of carbonyl (C=O) groups is 2. The van der Waals surface area contributed by atoms with Crippen LogP contribution in [0.15, 0.2) is 24.3 Å². The van der Waals surface area contributed by atoms with Gasteiger partial charge in [-0.15, -0.1) is 0 Å². The summed E-state index contributed by atoms with van der Waals surface area (Å²) in [6, 6.07) is 4.50. The molecule has 0 heterocycles. The first-order chi connectivity index (χ1) is 9.36. The van der Waals surface area contributed by atoms with Crippen LogP contribution in [0.1, 0.15) is 30.6 Å². The van der Waals surface area contributed by atoms with Crippen molar-refractivity contribution >= 4 is 17.5 Å². The zero-order valence-electron chi connectivity index (χ0n) is 11.3. The van der Waals surface area contributed by atoms with Crippen LogP contribution in [-0.2, 0) is 4.79 Å². The average Bonchev–Trinajstić information content (AvgIpc) is 2.43. The van der Waals surface area contributed by atoms with Crippen molar-refractivity contribution in [2.45, 2.75) is 26.3 Å². The van der Waals surface area contributed by atoms with E-state index < -0.39 is 22.8 Å². The van der Waals surface area contributed by atoms with E-state index in [1.807, 2.05) is 6.92 Å². The van der Waals surface area contributed by atoms with Crippen LogP contribution in [-0.4, -0.2) is 22.8 Å². The van der Waals surface area contributed by atoms with E-state index in [4.69, 9.17) is 5.73 Å². The summed E-state index contributed by atoms with van der Waals surface area (Å²) in [7, 11) is 0. The summed E-state index contributed by atoms with van der Waals surface area (Å²) in [5.41, 5.74) is 5.19. The van der Waals surface area contributed by atoms with E-state index in [2.05, 4.69) is 5.32 Å². The van der Waals surface area contributed by atoms with Gasteiger partial charge in [0.15, 0.2) is 0 Å². The summed E-state index contributed by atoms with van der Waals surface area (Å²) in [5.74, 6) is -1.30. The molecule has 7 nitrogen and oxygen atoms in total. The van der Waals surface area contributed by atoms with Crippen molar-refractivity contribution in [2.75, 3.05) is 0 Å². The largest absolute Gasteiger partial charge is 0.368 e. The third kappa shape index (κ3) is 3.78. The van der Waals surface area contributed by atoms with Crippen LogP contribution in [0, 0.1) is 16.0 Å². The van der Waals surface area contributed by atoms with E-state index in [1.165, 1.54) is 18.2 Å². The molecule has 7 heteroatoms. The topological polar surface area (TPSA) is 115 Å². The molecule has 0 aliphatic rings. The molecule has 1 aromatic rings. The second kappa shape index (κ2) is 6.65. The molecule has 0 bridgehead atoms. The smallest absolute Gasteiger partial charge is 0.270 e. The van der Waals surface area contributed by atoms with Gasteiger partial charge >= 0.3 is 0 Å². The third-order valence-electron chi connectivity index (χ3n) is 3.13. The molecule has 0 unspecified atom stereocenters. The average molecular weight is 279 g/mol. The number of benzene rings is 1. The van der Waals surface area contributed by atoms with Crippen molar-refractivity contribution < 1.29 is 14.5 Å². The quantitative estimate of drug-likeness (QED) is 0.601. The molecule has 2 amide bonds. The van der Waals surface area contributed by atoms with Crippen molar-refractivity contribution in [1.29, 1.82) is 0 Å². The van der Waals surface area contributed by atoms with Gasteiger partial charge in [-0.05, 0) is 12.0 Å². The van der Waals surface area contributed by atoms with E-state index >= 15 is 0 Å². The lowest BCUT2D eigenvalue weighted by molar-refractivity contribution is -0.384. The Labute approximate surface area is 116 Å². The van der Waals surface area contributed by atoms with Crippen LogP contribution in [0.2, 0.25) is 0 Å².